The van der Waals surface area contributed by atoms with Crippen LogP contribution in [0.15, 0.2) is 0 Å². The summed E-state index contributed by atoms with van der Waals surface area (Å²) in [6, 6.07) is 0.262. The molecule has 4 unspecified atom stereocenters. The van der Waals surface area contributed by atoms with Crippen LogP contribution >= 0.6 is 0 Å². The molecule has 2 N–H and O–H groups in total. The number of fused-ring (bicyclic) bond motifs is 1. The number of hydrogen-bond donors (Lipinski definition) is 2. The Morgan fingerprint density at radius 3 is 2.42 bits per heavy atom. The maximum atomic E-state index is 12.8. The average Bonchev–Trinajstić information content (AvgIpc) is 3.29. The number of hydrogen-bond acceptors (Lipinski definition) is 5. The molecule has 4 atom stereocenters. The molecule has 0 aromatic carbocycles. The zero-order chi connectivity index (χ0) is 18.3. The molecule has 0 spiro atoms. The summed E-state index contributed by atoms with van der Waals surface area (Å²) in [7, 11) is 0. The van der Waals surface area contributed by atoms with E-state index >= 15 is 0 Å². The highest BCUT2D eigenvalue weighted by atomic mass is 16.6. The minimum absolute atomic E-state index is 0.0496. The lowest BCUT2D eigenvalue weighted by Crippen LogP contribution is -2.67. The predicted molar refractivity (Wildman–Crippen MR) is 97.2 cm³/mol. The van der Waals surface area contributed by atoms with Crippen molar-refractivity contribution < 1.29 is 14.3 Å². The first kappa shape index (κ1) is 18.0. The van der Waals surface area contributed by atoms with Crippen molar-refractivity contribution in [1.29, 1.82) is 0 Å². The quantitative estimate of drug-likeness (QED) is 0.791. The largest absolute Gasteiger partial charge is 0.449 e. The molecule has 4 aliphatic rings. The highest BCUT2D eigenvalue weighted by molar-refractivity contribution is 5.75. The molecule has 2 heterocycles. The van der Waals surface area contributed by atoms with Crippen LogP contribution in [0.25, 0.3) is 0 Å². The predicted octanol–water partition coefficient (Wildman–Crippen LogP) is 1.35. The second-order valence-electron chi connectivity index (χ2n) is 8.68. The van der Waals surface area contributed by atoms with Crippen molar-refractivity contribution in [2.75, 3.05) is 26.2 Å². The Kier molecular flexibility index (Phi) is 5.10. The highest BCUT2D eigenvalue weighted by Gasteiger charge is 2.48. The van der Waals surface area contributed by atoms with Gasteiger partial charge >= 0.3 is 6.09 Å². The first-order valence-corrected chi connectivity index (χ1v) is 10.2. The number of hydrazine groups is 1. The van der Waals surface area contributed by atoms with E-state index in [9.17, 15) is 9.59 Å². The molecule has 4 rings (SSSR count). The number of nitrogens with zero attached hydrogens (tertiary/aromatic N) is 2. The summed E-state index contributed by atoms with van der Waals surface area (Å²) in [5.41, 5.74) is 6.46. The van der Waals surface area contributed by atoms with Crippen LogP contribution in [0, 0.1) is 17.8 Å². The van der Waals surface area contributed by atoms with Gasteiger partial charge < -0.3 is 14.5 Å². The van der Waals surface area contributed by atoms with Crippen LogP contribution < -0.4 is 10.9 Å². The molecular formula is C19H32N4O3. The number of nitrogens with one attached hydrogen (secondary N) is 2. The minimum atomic E-state index is -0.176. The molecule has 0 bridgehead atoms. The van der Waals surface area contributed by atoms with Gasteiger partial charge in [-0.2, -0.15) is 0 Å². The summed E-state index contributed by atoms with van der Waals surface area (Å²) in [5, 5.41) is 0. The van der Waals surface area contributed by atoms with Crippen molar-refractivity contribution in [3.8, 4) is 0 Å². The Hall–Kier alpha value is -1.34. The van der Waals surface area contributed by atoms with E-state index in [0.29, 0.717) is 30.9 Å². The summed E-state index contributed by atoms with van der Waals surface area (Å²) in [6.45, 7) is 6.82. The van der Waals surface area contributed by atoms with Gasteiger partial charge in [0.1, 0.15) is 0 Å². The van der Waals surface area contributed by atoms with E-state index in [1.807, 2.05) is 9.80 Å². The Balaban J connectivity index is 1.50. The van der Waals surface area contributed by atoms with Crippen molar-refractivity contribution in [1.82, 2.24) is 20.7 Å². The molecule has 2 amide bonds. The van der Waals surface area contributed by atoms with Crippen LogP contribution in [-0.4, -0.2) is 66.2 Å². The number of ether oxygens (including phenoxy) is 1. The number of rotatable bonds is 3. The molecule has 7 nitrogen and oxygen atoms in total. The van der Waals surface area contributed by atoms with Crippen LogP contribution in [0.3, 0.4) is 0 Å². The molecule has 2 saturated heterocycles. The molecule has 0 aromatic rings. The van der Waals surface area contributed by atoms with E-state index in [4.69, 9.17) is 4.74 Å². The van der Waals surface area contributed by atoms with Gasteiger partial charge in [0.25, 0.3) is 0 Å². The lowest BCUT2D eigenvalue weighted by Gasteiger charge is -2.54. The third-order valence-electron chi connectivity index (χ3n) is 6.77. The van der Waals surface area contributed by atoms with Gasteiger partial charge in [-0.1, -0.05) is 0 Å². The zero-order valence-electron chi connectivity index (χ0n) is 15.9. The molecule has 26 heavy (non-hydrogen) atoms. The zero-order valence-corrected chi connectivity index (χ0v) is 15.9. The van der Waals surface area contributed by atoms with Gasteiger partial charge in [-0.3, -0.25) is 15.6 Å². The smallest absolute Gasteiger partial charge is 0.410 e. The van der Waals surface area contributed by atoms with Gasteiger partial charge in [-0.05, 0) is 56.8 Å². The van der Waals surface area contributed by atoms with Crippen LogP contribution in [0.2, 0.25) is 0 Å². The van der Waals surface area contributed by atoms with Crippen molar-refractivity contribution in [2.45, 2.75) is 64.1 Å². The standard InChI is InChI=1S/C19H32N4O3/c1-12-10-22(19(25)26-11-14-3-4-14)18-7-15(16-8-20-21-9-16)5-6-17(18)23(12)13(2)24/h12,14-18,20-21H,3-11H2,1-2H3. The first-order valence-electron chi connectivity index (χ1n) is 10.2. The van der Waals surface area contributed by atoms with Gasteiger partial charge in [0.15, 0.2) is 0 Å². The topological polar surface area (TPSA) is 73.9 Å². The summed E-state index contributed by atoms with van der Waals surface area (Å²) in [5.74, 6) is 1.88. The van der Waals surface area contributed by atoms with Gasteiger partial charge in [0.05, 0.1) is 18.7 Å². The molecule has 2 aliphatic heterocycles. The highest BCUT2D eigenvalue weighted by Crippen LogP contribution is 2.39. The van der Waals surface area contributed by atoms with Crippen LogP contribution in [0.5, 0.6) is 0 Å². The number of piperazine rings is 1. The monoisotopic (exact) mass is 364 g/mol. The maximum Gasteiger partial charge on any atom is 0.410 e. The molecule has 2 aliphatic carbocycles. The Bertz CT molecular complexity index is 547. The van der Waals surface area contributed by atoms with Crippen molar-refractivity contribution in [3.05, 3.63) is 0 Å². The molecule has 7 heteroatoms. The van der Waals surface area contributed by atoms with Gasteiger partial charge in [0, 0.05) is 32.6 Å². The maximum absolute atomic E-state index is 12.8. The fourth-order valence-electron chi connectivity index (χ4n) is 5.21. The fraction of sp³-hybridized carbons (Fsp3) is 0.895. The van der Waals surface area contributed by atoms with Crippen molar-refractivity contribution in [3.63, 3.8) is 0 Å². The van der Waals surface area contributed by atoms with Crippen LogP contribution in [0.1, 0.15) is 46.0 Å². The van der Waals surface area contributed by atoms with E-state index in [2.05, 4.69) is 17.8 Å². The summed E-state index contributed by atoms with van der Waals surface area (Å²) >= 11 is 0. The summed E-state index contributed by atoms with van der Waals surface area (Å²) in [6.07, 6.45) is 5.24. The Morgan fingerprint density at radius 2 is 1.77 bits per heavy atom. The lowest BCUT2D eigenvalue weighted by atomic mass is 9.73. The summed E-state index contributed by atoms with van der Waals surface area (Å²) in [4.78, 5) is 29.1. The van der Waals surface area contributed by atoms with Gasteiger partial charge in [0.2, 0.25) is 5.91 Å². The van der Waals surface area contributed by atoms with Gasteiger partial charge in [-0.25, -0.2) is 4.79 Å². The molecule has 146 valence electrons. The number of amides is 2. The van der Waals surface area contributed by atoms with Crippen LogP contribution in [0.4, 0.5) is 4.79 Å². The average molecular weight is 364 g/mol. The molecule has 0 aromatic heterocycles. The normalized spacial score (nSPS) is 35.3. The minimum Gasteiger partial charge on any atom is -0.449 e. The molecular weight excluding hydrogens is 332 g/mol. The first-order chi connectivity index (χ1) is 12.5. The third kappa shape index (κ3) is 3.56. The third-order valence-corrected chi connectivity index (χ3v) is 6.77. The lowest BCUT2D eigenvalue weighted by molar-refractivity contribution is -0.142. The molecule has 4 fully saturated rings. The SMILES string of the molecule is CC(=O)N1C(C)CN(C(=O)OCC2CC2)C2CC(C3CNNC3)CCC21. The van der Waals surface area contributed by atoms with E-state index in [1.165, 1.54) is 12.8 Å². The van der Waals surface area contributed by atoms with E-state index in [1.54, 1.807) is 6.92 Å². The van der Waals surface area contributed by atoms with E-state index < -0.39 is 0 Å². The summed E-state index contributed by atoms with van der Waals surface area (Å²) < 4.78 is 5.62. The fourth-order valence-corrected chi connectivity index (χ4v) is 5.21. The van der Waals surface area contributed by atoms with Gasteiger partial charge in [-0.15, -0.1) is 0 Å². The molecule has 2 saturated carbocycles. The second-order valence-corrected chi connectivity index (χ2v) is 8.68. The Morgan fingerprint density at radius 1 is 1.04 bits per heavy atom. The van der Waals surface area contributed by atoms with E-state index in [-0.39, 0.29) is 30.1 Å². The van der Waals surface area contributed by atoms with E-state index in [0.717, 1.165) is 32.4 Å². The number of carbonyl (C=O) groups excluding carboxylic acids is 2. The second kappa shape index (κ2) is 7.35. The van der Waals surface area contributed by atoms with Crippen LogP contribution in [-0.2, 0) is 9.53 Å². The van der Waals surface area contributed by atoms with Crippen molar-refractivity contribution in [2.24, 2.45) is 17.8 Å². The van der Waals surface area contributed by atoms with Crippen molar-refractivity contribution >= 4 is 12.0 Å². The Labute approximate surface area is 155 Å². The molecule has 0 radical (unpaired) electrons. The number of carbonyl (C=O) groups is 2.